The van der Waals surface area contributed by atoms with Gasteiger partial charge in [-0.15, -0.1) is 0 Å². The number of benzene rings is 1. The van der Waals surface area contributed by atoms with Crippen LogP contribution in [0.3, 0.4) is 0 Å². The monoisotopic (exact) mass is 232 g/mol. The molecule has 2 nitrogen and oxygen atoms in total. The highest BCUT2D eigenvalue weighted by Gasteiger charge is 2.19. The van der Waals surface area contributed by atoms with E-state index in [1.807, 2.05) is 0 Å². The summed E-state index contributed by atoms with van der Waals surface area (Å²) < 4.78 is 0. The number of aryl methyl sites for hydroxylation is 1. The highest BCUT2D eigenvalue weighted by molar-refractivity contribution is 5.50. The molecular weight excluding hydrogens is 208 g/mol. The molecule has 0 spiro atoms. The number of hydrogen-bond acceptors (Lipinski definition) is 2. The molecule has 1 saturated heterocycles. The maximum absolute atomic E-state index is 3.58. The van der Waals surface area contributed by atoms with Gasteiger partial charge in [0, 0.05) is 18.3 Å². The van der Waals surface area contributed by atoms with Crippen molar-refractivity contribution in [3.8, 4) is 0 Å². The fraction of sp³-hybridized carbons (Fsp3) is 0.600. The molecular formula is C15H24N2. The van der Waals surface area contributed by atoms with Gasteiger partial charge in [0.15, 0.2) is 0 Å². The third kappa shape index (κ3) is 3.22. The minimum Gasteiger partial charge on any atom is -0.385 e. The fourth-order valence-electron chi connectivity index (χ4n) is 2.72. The SMILES string of the molecule is CCc1ccccc1NCCC1CCCN1C. The smallest absolute Gasteiger partial charge is 0.0372 e. The summed E-state index contributed by atoms with van der Waals surface area (Å²) in [6.07, 6.45) is 5.10. The van der Waals surface area contributed by atoms with Crippen LogP contribution in [0, 0.1) is 0 Å². The van der Waals surface area contributed by atoms with Crippen molar-refractivity contribution in [2.75, 3.05) is 25.5 Å². The molecule has 94 valence electrons. The van der Waals surface area contributed by atoms with Crippen LogP contribution in [-0.2, 0) is 6.42 Å². The molecule has 1 fully saturated rings. The van der Waals surface area contributed by atoms with Gasteiger partial charge in [0.1, 0.15) is 0 Å². The van der Waals surface area contributed by atoms with Crippen molar-refractivity contribution in [1.82, 2.24) is 4.90 Å². The summed E-state index contributed by atoms with van der Waals surface area (Å²) in [6.45, 7) is 4.58. The Balaban J connectivity index is 1.81. The van der Waals surface area contributed by atoms with Gasteiger partial charge in [-0.2, -0.15) is 0 Å². The molecule has 0 aliphatic carbocycles. The highest BCUT2D eigenvalue weighted by atomic mass is 15.1. The van der Waals surface area contributed by atoms with Crippen LogP contribution in [0.1, 0.15) is 31.7 Å². The van der Waals surface area contributed by atoms with Gasteiger partial charge in [0.2, 0.25) is 0 Å². The van der Waals surface area contributed by atoms with Gasteiger partial charge >= 0.3 is 0 Å². The van der Waals surface area contributed by atoms with Gasteiger partial charge in [-0.1, -0.05) is 25.1 Å². The average molecular weight is 232 g/mol. The molecule has 0 bridgehead atoms. The topological polar surface area (TPSA) is 15.3 Å². The molecule has 2 heteroatoms. The molecule has 0 radical (unpaired) electrons. The van der Waals surface area contributed by atoms with Gasteiger partial charge in [0.25, 0.3) is 0 Å². The Bertz CT molecular complexity index is 349. The average Bonchev–Trinajstić information content (AvgIpc) is 2.76. The van der Waals surface area contributed by atoms with Crippen molar-refractivity contribution in [3.05, 3.63) is 29.8 Å². The Kier molecular flexibility index (Phi) is 4.43. The molecule has 1 unspecified atom stereocenters. The second-order valence-electron chi connectivity index (χ2n) is 5.00. The number of likely N-dealkylation sites (tertiary alicyclic amines) is 1. The van der Waals surface area contributed by atoms with E-state index in [1.165, 1.54) is 37.1 Å². The Morgan fingerprint density at radius 3 is 2.88 bits per heavy atom. The number of rotatable bonds is 5. The fourth-order valence-corrected chi connectivity index (χ4v) is 2.72. The van der Waals surface area contributed by atoms with E-state index in [0.29, 0.717) is 0 Å². The zero-order valence-electron chi connectivity index (χ0n) is 11.1. The second kappa shape index (κ2) is 6.06. The van der Waals surface area contributed by atoms with Crippen LogP contribution < -0.4 is 5.32 Å². The van der Waals surface area contributed by atoms with Crippen molar-refractivity contribution in [1.29, 1.82) is 0 Å². The van der Waals surface area contributed by atoms with Crippen molar-refractivity contribution in [3.63, 3.8) is 0 Å². The number of hydrogen-bond donors (Lipinski definition) is 1. The first kappa shape index (κ1) is 12.4. The summed E-state index contributed by atoms with van der Waals surface area (Å²) in [4.78, 5) is 2.49. The molecule has 0 saturated carbocycles. The largest absolute Gasteiger partial charge is 0.385 e. The van der Waals surface area contributed by atoms with Crippen LogP contribution in [0.4, 0.5) is 5.69 Å². The minimum atomic E-state index is 0.788. The Labute approximate surface area is 105 Å². The van der Waals surface area contributed by atoms with Crippen molar-refractivity contribution in [2.45, 2.75) is 38.6 Å². The molecule has 1 aromatic carbocycles. The predicted molar refractivity (Wildman–Crippen MR) is 74.6 cm³/mol. The van der Waals surface area contributed by atoms with E-state index in [2.05, 4.69) is 48.5 Å². The van der Waals surface area contributed by atoms with Crippen LogP contribution in [-0.4, -0.2) is 31.1 Å². The van der Waals surface area contributed by atoms with Gasteiger partial charge < -0.3 is 10.2 Å². The lowest BCUT2D eigenvalue weighted by molar-refractivity contribution is 0.301. The van der Waals surface area contributed by atoms with Gasteiger partial charge in [-0.3, -0.25) is 0 Å². The van der Waals surface area contributed by atoms with Crippen LogP contribution in [0.25, 0.3) is 0 Å². The van der Waals surface area contributed by atoms with E-state index in [-0.39, 0.29) is 0 Å². The number of nitrogens with zero attached hydrogens (tertiary/aromatic N) is 1. The number of nitrogens with one attached hydrogen (secondary N) is 1. The molecule has 1 N–H and O–H groups in total. The highest BCUT2D eigenvalue weighted by Crippen LogP contribution is 2.19. The quantitative estimate of drug-likeness (QED) is 0.839. The molecule has 17 heavy (non-hydrogen) atoms. The molecule has 1 aromatic rings. The summed E-state index contributed by atoms with van der Waals surface area (Å²) in [5, 5.41) is 3.58. The Morgan fingerprint density at radius 2 is 2.18 bits per heavy atom. The standard InChI is InChI=1S/C15H24N2/c1-3-13-7-4-5-9-15(13)16-11-10-14-8-6-12-17(14)2/h4-5,7,9,14,16H,3,6,8,10-12H2,1-2H3. The molecule has 0 amide bonds. The van der Waals surface area contributed by atoms with Crippen molar-refractivity contribution >= 4 is 5.69 Å². The van der Waals surface area contributed by atoms with Gasteiger partial charge in [-0.05, 0) is 50.9 Å². The van der Waals surface area contributed by atoms with E-state index in [1.54, 1.807) is 0 Å². The van der Waals surface area contributed by atoms with Crippen LogP contribution in [0.15, 0.2) is 24.3 Å². The zero-order chi connectivity index (χ0) is 12.1. The first-order chi connectivity index (χ1) is 8.31. The molecule has 2 rings (SSSR count). The molecule has 1 heterocycles. The van der Waals surface area contributed by atoms with E-state index >= 15 is 0 Å². The minimum absolute atomic E-state index is 0.788. The second-order valence-corrected chi connectivity index (χ2v) is 5.00. The van der Waals surface area contributed by atoms with Crippen LogP contribution >= 0.6 is 0 Å². The van der Waals surface area contributed by atoms with Crippen LogP contribution in [0.5, 0.6) is 0 Å². The third-order valence-corrected chi connectivity index (χ3v) is 3.86. The van der Waals surface area contributed by atoms with Crippen molar-refractivity contribution < 1.29 is 0 Å². The maximum atomic E-state index is 3.58. The first-order valence-electron chi connectivity index (χ1n) is 6.83. The normalized spacial score (nSPS) is 20.7. The van der Waals surface area contributed by atoms with Gasteiger partial charge in [0.05, 0.1) is 0 Å². The van der Waals surface area contributed by atoms with Crippen molar-refractivity contribution in [2.24, 2.45) is 0 Å². The van der Waals surface area contributed by atoms with Crippen LogP contribution in [0.2, 0.25) is 0 Å². The summed E-state index contributed by atoms with van der Waals surface area (Å²) in [5.74, 6) is 0. The zero-order valence-corrected chi connectivity index (χ0v) is 11.1. The molecule has 1 atom stereocenters. The molecule has 1 aliphatic rings. The maximum Gasteiger partial charge on any atom is 0.0372 e. The number of anilines is 1. The van der Waals surface area contributed by atoms with Gasteiger partial charge in [-0.25, -0.2) is 0 Å². The number of para-hydroxylation sites is 1. The van der Waals surface area contributed by atoms with E-state index < -0.39 is 0 Å². The van der Waals surface area contributed by atoms with E-state index in [4.69, 9.17) is 0 Å². The lowest BCUT2D eigenvalue weighted by atomic mass is 10.1. The van der Waals surface area contributed by atoms with E-state index in [9.17, 15) is 0 Å². The lowest BCUT2D eigenvalue weighted by Gasteiger charge is -2.20. The Hall–Kier alpha value is -1.02. The molecule has 0 aromatic heterocycles. The van der Waals surface area contributed by atoms with E-state index in [0.717, 1.165) is 19.0 Å². The molecule has 1 aliphatic heterocycles. The summed E-state index contributed by atoms with van der Waals surface area (Å²) in [6, 6.07) is 9.43. The first-order valence-corrected chi connectivity index (χ1v) is 6.83. The third-order valence-electron chi connectivity index (χ3n) is 3.86. The predicted octanol–water partition coefficient (Wildman–Crippen LogP) is 3.15. The summed E-state index contributed by atoms with van der Waals surface area (Å²) >= 11 is 0. The Morgan fingerprint density at radius 1 is 1.35 bits per heavy atom. The summed E-state index contributed by atoms with van der Waals surface area (Å²) in [5.41, 5.74) is 2.74. The summed E-state index contributed by atoms with van der Waals surface area (Å²) in [7, 11) is 2.25. The lowest BCUT2D eigenvalue weighted by Crippen LogP contribution is -2.27.